The lowest BCUT2D eigenvalue weighted by molar-refractivity contribution is 0.575. The van der Waals surface area contributed by atoms with E-state index in [1.54, 1.807) is 12.1 Å². The molecule has 0 aliphatic rings. The van der Waals surface area contributed by atoms with Crippen molar-refractivity contribution in [3.8, 4) is 0 Å². The highest BCUT2D eigenvalue weighted by atomic mass is 19.1. The third-order valence-corrected chi connectivity index (χ3v) is 2.99. The Hall–Kier alpha value is -1.74. The first-order valence-corrected chi connectivity index (χ1v) is 6.63. The molecule has 0 spiro atoms. The van der Waals surface area contributed by atoms with Gasteiger partial charge in [0, 0.05) is 5.69 Å². The van der Waals surface area contributed by atoms with Crippen LogP contribution in [-0.2, 0) is 0 Å². The molecule has 2 rings (SSSR count). The molecular formula is C16H19FN2. The fourth-order valence-corrected chi connectivity index (χ4v) is 2.09. The van der Waals surface area contributed by atoms with Crippen LogP contribution in [0.25, 0.3) is 0 Å². The van der Waals surface area contributed by atoms with Crippen molar-refractivity contribution in [3.05, 3.63) is 65.2 Å². The molecule has 0 amide bonds. The van der Waals surface area contributed by atoms with Gasteiger partial charge in [0.15, 0.2) is 0 Å². The van der Waals surface area contributed by atoms with Crippen molar-refractivity contribution < 1.29 is 4.39 Å². The van der Waals surface area contributed by atoms with Gasteiger partial charge in [-0.2, -0.15) is 0 Å². The molecule has 100 valence electrons. The van der Waals surface area contributed by atoms with Crippen LogP contribution in [-0.4, -0.2) is 11.5 Å². The lowest BCUT2D eigenvalue weighted by Crippen LogP contribution is -2.24. The summed E-state index contributed by atoms with van der Waals surface area (Å²) in [5.74, 6) is -0.214. The zero-order valence-corrected chi connectivity index (χ0v) is 11.4. The van der Waals surface area contributed by atoms with Crippen molar-refractivity contribution in [3.63, 3.8) is 0 Å². The van der Waals surface area contributed by atoms with E-state index in [0.717, 1.165) is 29.9 Å². The molecule has 0 saturated carbocycles. The van der Waals surface area contributed by atoms with Crippen LogP contribution in [0.3, 0.4) is 0 Å². The average Bonchev–Trinajstić information content (AvgIpc) is 2.39. The first-order valence-electron chi connectivity index (χ1n) is 6.63. The van der Waals surface area contributed by atoms with Crippen molar-refractivity contribution >= 4 is 0 Å². The lowest BCUT2D eigenvalue weighted by atomic mass is 10.0. The first-order chi connectivity index (χ1) is 9.20. The van der Waals surface area contributed by atoms with Crippen molar-refractivity contribution in [2.75, 3.05) is 6.54 Å². The standard InChI is InChI=1S/C16H19FN2/c1-3-10-18-16(13-7-5-8-14(17)11-13)15-9-4-6-12(2)19-15/h4-9,11,16,18H,3,10H2,1-2H3. The van der Waals surface area contributed by atoms with E-state index in [-0.39, 0.29) is 11.9 Å². The third-order valence-electron chi connectivity index (χ3n) is 2.99. The summed E-state index contributed by atoms with van der Waals surface area (Å²) < 4.78 is 13.4. The number of aryl methyl sites for hydroxylation is 1. The van der Waals surface area contributed by atoms with Crippen molar-refractivity contribution in [1.29, 1.82) is 0 Å². The van der Waals surface area contributed by atoms with E-state index in [1.165, 1.54) is 6.07 Å². The van der Waals surface area contributed by atoms with Crippen molar-refractivity contribution in [1.82, 2.24) is 10.3 Å². The van der Waals surface area contributed by atoms with E-state index in [4.69, 9.17) is 0 Å². The molecule has 0 radical (unpaired) electrons. The van der Waals surface area contributed by atoms with E-state index in [0.29, 0.717) is 0 Å². The van der Waals surface area contributed by atoms with Crippen LogP contribution in [0, 0.1) is 12.7 Å². The van der Waals surface area contributed by atoms with Crippen LogP contribution in [0.2, 0.25) is 0 Å². The molecule has 2 nitrogen and oxygen atoms in total. The van der Waals surface area contributed by atoms with Gasteiger partial charge in [-0.05, 0) is 49.7 Å². The quantitative estimate of drug-likeness (QED) is 0.886. The fourth-order valence-electron chi connectivity index (χ4n) is 2.09. The predicted molar refractivity (Wildman–Crippen MR) is 75.5 cm³/mol. The molecule has 0 saturated heterocycles. The van der Waals surface area contributed by atoms with Gasteiger partial charge >= 0.3 is 0 Å². The van der Waals surface area contributed by atoms with Gasteiger partial charge < -0.3 is 5.32 Å². The molecule has 0 fully saturated rings. The summed E-state index contributed by atoms with van der Waals surface area (Å²) in [7, 11) is 0. The molecule has 1 N–H and O–H groups in total. The Balaban J connectivity index is 2.35. The maximum Gasteiger partial charge on any atom is 0.123 e. The highest BCUT2D eigenvalue weighted by Crippen LogP contribution is 2.21. The van der Waals surface area contributed by atoms with Crippen LogP contribution in [0.5, 0.6) is 0 Å². The van der Waals surface area contributed by atoms with Crippen LogP contribution in [0.4, 0.5) is 4.39 Å². The molecule has 1 unspecified atom stereocenters. The maximum absolute atomic E-state index is 13.4. The molecule has 1 atom stereocenters. The molecule has 1 aromatic carbocycles. The van der Waals surface area contributed by atoms with Crippen LogP contribution >= 0.6 is 0 Å². The second kappa shape index (κ2) is 6.43. The Morgan fingerprint density at radius 1 is 1.21 bits per heavy atom. The van der Waals surface area contributed by atoms with Crippen LogP contribution in [0.15, 0.2) is 42.5 Å². The highest BCUT2D eigenvalue weighted by Gasteiger charge is 2.15. The topological polar surface area (TPSA) is 24.9 Å². The number of halogens is 1. The van der Waals surface area contributed by atoms with Gasteiger partial charge in [-0.1, -0.05) is 25.1 Å². The van der Waals surface area contributed by atoms with Gasteiger partial charge in [-0.3, -0.25) is 4.98 Å². The van der Waals surface area contributed by atoms with Gasteiger partial charge in [-0.15, -0.1) is 0 Å². The molecule has 1 heterocycles. The largest absolute Gasteiger partial charge is 0.305 e. The number of rotatable bonds is 5. The molecule has 0 bridgehead atoms. The van der Waals surface area contributed by atoms with E-state index < -0.39 is 0 Å². The number of nitrogens with zero attached hydrogens (tertiary/aromatic N) is 1. The van der Waals surface area contributed by atoms with E-state index in [2.05, 4.69) is 17.2 Å². The van der Waals surface area contributed by atoms with Crippen molar-refractivity contribution in [2.24, 2.45) is 0 Å². The number of aromatic nitrogens is 1. The number of benzene rings is 1. The third kappa shape index (κ3) is 3.61. The minimum Gasteiger partial charge on any atom is -0.305 e. The van der Waals surface area contributed by atoms with Gasteiger partial charge in [0.25, 0.3) is 0 Å². The monoisotopic (exact) mass is 258 g/mol. The smallest absolute Gasteiger partial charge is 0.123 e. The minimum atomic E-state index is -0.214. The highest BCUT2D eigenvalue weighted by molar-refractivity contribution is 5.29. The molecule has 0 aliphatic carbocycles. The van der Waals surface area contributed by atoms with Gasteiger partial charge in [0.1, 0.15) is 5.82 Å². The Bertz CT molecular complexity index is 494. The van der Waals surface area contributed by atoms with E-state index >= 15 is 0 Å². The summed E-state index contributed by atoms with van der Waals surface area (Å²) in [5, 5.41) is 3.43. The maximum atomic E-state index is 13.4. The van der Waals surface area contributed by atoms with E-state index in [1.807, 2.05) is 31.2 Å². The number of nitrogens with one attached hydrogen (secondary N) is 1. The molecule has 0 aliphatic heterocycles. The minimum absolute atomic E-state index is 0.0597. The van der Waals surface area contributed by atoms with Crippen molar-refractivity contribution in [2.45, 2.75) is 26.3 Å². The lowest BCUT2D eigenvalue weighted by Gasteiger charge is -2.19. The number of pyridine rings is 1. The van der Waals surface area contributed by atoms with Gasteiger partial charge in [-0.25, -0.2) is 4.39 Å². The Morgan fingerprint density at radius 3 is 2.68 bits per heavy atom. The Labute approximate surface area is 113 Å². The molecule has 2 aromatic rings. The normalized spacial score (nSPS) is 12.4. The second-order valence-electron chi connectivity index (χ2n) is 4.65. The first kappa shape index (κ1) is 13.7. The zero-order chi connectivity index (χ0) is 13.7. The predicted octanol–water partition coefficient (Wildman–Crippen LogP) is 3.62. The number of hydrogen-bond donors (Lipinski definition) is 1. The SMILES string of the molecule is CCCNC(c1cccc(F)c1)c1cccc(C)n1. The zero-order valence-electron chi connectivity index (χ0n) is 11.4. The average molecular weight is 258 g/mol. The van der Waals surface area contributed by atoms with Gasteiger partial charge in [0.05, 0.1) is 11.7 Å². The summed E-state index contributed by atoms with van der Waals surface area (Å²) in [4.78, 5) is 4.55. The van der Waals surface area contributed by atoms with Crippen LogP contribution < -0.4 is 5.32 Å². The number of hydrogen-bond acceptors (Lipinski definition) is 2. The van der Waals surface area contributed by atoms with E-state index in [9.17, 15) is 4.39 Å². The summed E-state index contributed by atoms with van der Waals surface area (Å²) in [6.45, 7) is 4.95. The summed E-state index contributed by atoms with van der Waals surface area (Å²) >= 11 is 0. The van der Waals surface area contributed by atoms with Crippen LogP contribution in [0.1, 0.15) is 36.3 Å². The Kier molecular flexibility index (Phi) is 4.63. The summed E-state index contributed by atoms with van der Waals surface area (Å²) in [6, 6.07) is 12.6. The molecule has 3 heteroatoms. The molecule has 1 aromatic heterocycles. The second-order valence-corrected chi connectivity index (χ2v) is 4.65. The Morgan fingerprint density at radius 2 is 2.00 bits per heavy atom. The molecular weight excluding hydrogens is 239 g/mol. The van der Waals surface area contributed by atoms with Gasteiger partial charge in [0.2, 0.25) is 0 Å². The molecule has 19 heavy (non-hydrogen) atoms. The summed E-state index contributed by atoms with van der Waals surface area (Å²) in [5.41, 5.74) is 2.81. The summed E-state index contributed by atoms with van der Waals surface area (Å²) in [6.07, 6.45) is 1.03. The fraction of sp³-hybridized carbons (Fsp3) is 0.312.